The van der Waals surface area contributed by atoms with E-state index in [0.29, 0.717) is 30.7 Å². The Morgan fingerprint density at radius 1 is 1.10 bits per heavy atom. The van der Waals surface area contributed by atoms with Gasteiger partial charge in [-0.15, -0.1) is 0 Å². The summed E-state index contributed by atoms with van der Waals surface area (Å²) in [6, 6.07) is 10.0. The van der Waals surface area contributed by atoms with Crippen LogP contribution in [0.3, 0.4) is 0 Å². The summed E-state index contributed by atoms with van der Waals surface area (Å²) in [6.07, 6.45) is 3.63. The van der Waals surface area contributed by atoms with Crippen molar-refractivity contribution in [3.63, 3.8) is 0 Å². The van der Waals surface area contributed by atoms with Gasteiger partial charge in [0.05, 0.1) is 17.9 Å². The van der Waals surface area contributed by atoms with Gasteiger partial charge in [-0.05, 0) is 102 Å². The van der Waals surface area contributed by atoms with Crippen molar-refractivity contribution in [2.45, 2.75) is 107 Å². The van der Waals surface area contributed by atoms with Crippen LogP contribution in [0.4, 0.5) is 14.9 Å². The zero-order chi connectivity index (χ0) is 34.9. The number of rotatable bonds is 8. The number of piperazine rings is 1. The molecule has 4 atom stereocenters. The first kappa shape index (κ1) is 36.5. The van der Waals surface area contributed by atoms with E-state index in [9.17, 15) is 18.0 Å². The van der Waals surface area contributed by atoms with Crippen LogP contribution in [-0.4, -0.2) is 85.4 Å². The van der Waals surface area contributed by atoms with Crippen LogP contribution >= 0.6 is 11.6 Å². The molecular formula is C35H48ClFN4O6S. The number of nitrogens with zero attached hydrogens (tertiary/aromatic N) is 2. The van der Waals surface area contributed by atoms with Crippen LogP contribution in [0.15, 0.2) is 42.5 Å². The molecule has 0 radical (unpaired) electrons. The molecule has 264 valence electrons. The van der Waals surface area contributed by atoms with Crippen molar-refractivity contribution in [3.8, 4) is 0 Å². The number of benzene rings is 2. The second-order valence-electron chi connectivity index (χ2n) is 14.3. The minimum atomic E-state index is -3.58. The Labute approximate surface area is 288 Å². The molecule has 2 aromatic carbocycles. The Hall–Kier alpha value is -2.77. The molecule has 5 rings (SSSR count). The molecule has 3 N–H and O–H groups in total. The zero-order valence-corrected chi connectivity index (χ0v) is 29.8. The van der Waals surface area contributed by atoms with Gasteiger partial charge in [0.2, 0.25) is 15.9 Å². The highest BCUT2D eigenvalue weighted by molar-refractivity contribution is 7.89. The fourth-order valence-electron chi connectivity index (χ4n) is 7.51. The van der Waals surface area contributed by atoms with E-state index in [4.69, 9.17) is 26.8 Å². The first-order valence-electron chi connectivity index (χ1n) is 16.8. The number of anilines is 1. The molecule has 3 aliphatic rings. The lowest BCUT2D eigenvalue weighted by Crippen LogP contribution is -2.60. The van der Waals surface area contributed by atoms with Crippen LogP contribution in [0.1, 0.15) is 76.8 Å². The van der Waals surface area contributed by atoms with Gasteiger partial charge in [0.15, 0.2) is 0 Å². The van der Waals surface area contributed by atoms with Gasteiger partial charge in [-0.1, -0.05) is 29.8 Å². The van der Waals surface area contributed by atoms with Gasteiger partial charge in [0, 0.05) is 54.0 Å². The Kier molecular flexibility index (Phi) is 11.1. The number of methoxy groups -OCH3 is 1. The summed E-state index contributed by atoms with van der Waals surface area (Å²) >= 11 is 6.18. The van der Waals surface area contributed by atoms with Gasteiger partial charge >= 0.3 is 6.09 Å². The number of sulfonamides is 1. The summed E-state index contributed by atoms with van der Waals surface area (Å²) < 4.78 is 54.8. The largest absolute Gasteiger partial charge is 0.444 e. The van der Waals surface area contributed by atoms with Gasteiger partial charge < -0.3 is 25.4 Å². The summed E-state index contributed by atoms with van der Waals surface area (Å²) in [7, 11) is -1.90. The predicted molar refractivity (Wildman–Crippen MR) is 184 cm³/mol. The highest BCUT2D eigenvalue weighted by Gasteiger charge is 2.46. The SMILES string of the molecule is CO[C@H]1CC[C@](c2ccc(Cl)cc2)([C@H](N)C(=O)Nc2cccc(F)c2CC[C@H]2CN(C(=O)OC(C)(C)C)[C@@H]3CCCS(=O)(=O)N2C3)CC1. The summed E-state index contributed by atoms with van der Waals surface area (Å²) in [5, 5.41) is 3.49. The monoisotopic (exact) mass is 706 g/mol. The Bertz CT molecular complexity index is 1580. The number of nitrogens with one attached hydrogen (secondary N) is 1. The molecule has 1 saturated carbocycles. The molecule has 2 bridgehead atoms. The molecule has 10 nitrogen and oxygen atoms in total. The van der Waals surface area contributed by atoms with Crippen molar-refractivity contribution in [1.29, 1.82) is 0 Å². The van der Waals surface area contributed by atoms with Crippen LogP contribution in [0.25, 0.3) is 0 Å². The number of ether oxygens (including phenoxy) is 2. The number of amides is 2. The number of nitrogens with two attached hydrogens (primary N) is 1. The maximum atomic E-state index is 15.5. The summed E-state index contributed by atoms with van der Waals surface area (Å²) in [4.78, 5) is 28.8. The van der Waals surface area contributed by atoms with Crippen molar-refractivity contribution in [3.05, 3.63) is 64.4 Å². The maximum Gasteiger partial charge on any atom is 0.410 e. The summed E-state index contributed by atoms with van der Waals surface area (Å²) in [5.41, 5.74) is 6.85. The molecule has 1 unspecified atom stereocenters. The Morgan fingerprint density at radius 3 is 2.44 bits per heavy atom. The molecular weight excluding hydrogens is 659 g/mol. The van der Waals surface area contributed by atoms with Crippen molar-refractivity contribution in [2.24, 2.45) is 5.73 Å². The molecule has 2 aromatic rings. The van der Waals surface area contributed by atoms with Gasteiger partial charge in [-0.2, -0.15) is 4.31 Å². The molecule has 2 aliphatic heterocycles. The van der Waals surface area contributed by atoms with E-state index in [0.717, 1.165) is 18.4 Å². The normalized spacial score (nSPS) is 27.9. The van der Waals surface area contributed by atoms with E-state index in [-0.39, 0.29) is 55.1 Å². The van der Waals surface area contributed by atoms with Crippen LogP contribution in [0.5, 0.6) is 0 Å². The number of halogens is 2. The standard InChI is InChI=1S/C35H48ClFN4O6S/c1-34(2,3)47-33(43)40-21-26(41-22-25(40)7-6-20-48(41,44)45)14-15-28-29(37)8-5-9-30(28)39-32(42)31(38)35(18-16-27(46-4)17-19-35)23-10-12-24(36)13-11-23/h5,8-13,25-27,31H,6-7,14-22,38H2,1-4H3,(H,39,42)/t25-,26+,27-,31-,35-/m1/s1. The number of carbonyl (C=O) groups excluding carboxylic acids is 2. The van der Waals surface area contributed by atoms with E-state index in [1.807, 2.05) is 12.1 Å². The minimum Gasteiger partial charge on any atom is -0.444 e. The van der Waals surface area contributed by atoms with Crippen molar-refractivity contribution < 1.29 is 31.9 Å². The average molecular weight is 707 g/mol. The molecule has 0 aromatic heterocycles. The van der Waals surface area contributed by atoms with E-state index < -0.39 is 50.9 Å². The fourth-order valence-corrected chi connectivity index (χ4v) is 9.43. The first-order valence-corrected chi connectivity index (χ1v) is 18.7. The molecule has 2 heterocycles. The number of fused-ring (bicyclic) bond motifs is 2. The zero-order valence-electron chi connectivity index (χ0n) is 28.2. The predicted octanol–water partition coefficient (Wildman–Crippen LogP) is 5.62. The van der Waals surface area contributed by atoms with Crippen molar-refractivity contribution >= 4 is 39.3 Å². The highest BCUT2D eigenvalue weighted by Crippen LogP contribution is 2.43. The molecule has 2 saturated heterocycles. The van der Waals surface area contributed by atoms with E-state index in [1.54, 1.807) is 51.0 Å². The van der Waals surface area contributed by atoms with E-state index in [1.165, 1.54) is 16.4 Å². The topological polar surface area (TPSA) is 131 Å². The van der Waals surface area contributed by atoms with Gasteiger partial charge in [-0.3, -0.25) is 4.79 Å². The molecule has 3 fully saturated rings. The Morgan fingerprint density at radius 2 is 1.79 bits per heavy atom. The van der Waals surface area contributed by atoms with Crippen LogP contribution in [0, 0.1) is 5.82 Å². The second-order valence-corrected chi connectivity index (χ2v) is 16.8. The summed E-state index contributed by atoms with van der Waals surface area (Å²) in [5.74, 6) is -0.980. The lowest BCUT2D eigenvalue weighted by molar-refractivity contribution is -0.119. The van der Waals surface area contributed by atoms with Crippen LogP contribution in [-0.2, 0) is 36.1 Å². The van der Waals surface area contributed by atoms with Crippen LogP contribution < -0.4 is 11.1 Å². The van der Waals surface area contributed by atoms with Crippen molar-refractivity contribution in [2.75, 3.05) is 31.3 Å². The molecule has 48 heavy (non-hydrogen) atoms. The third kappa shape index (κ3) is 7.99. The maximum absolute atomic E-state index is 15.5. The third-order valence-corrected chi connectivity index (χ3v) is 12.3. The van der Waals surface area contributed by atoms with Crippen LogP contribution in [0.2, 0.25) is 5.02 Å². The number of hydrogen-bond acceptors (Lipinski definition) is 7. The van der Waals surface area contributed by atoms with Gasteiger partial charge in [0.1, 0.15) is 11.4 Å². The molecule has 0 spiro atoms. The van der Waals surface area contributed by atoms with Gasteiger partial charge in [0.25, 0.3) is 0 Å². The average Bonchev–Trinajstić information content (AvgIpc) is 3.16. The fraction of sp³-hybridized carbons (Fsp3) is 0.600. The lowest BCUT2D eigenvalue weighted by atomic mass is 9.64. The first-order chi connectivity index (χ1) is 22.6. The van der Waals surface area contributed by atoms with Gasteiger partial charge in [-0.25, -0.2) is 17.6 Å². The Balaban J connectivity index is 1.37. The number of carbonyl (C=O) groups is 2. The minimum absolute atomic E-state index is 0.0124. The molecule has 1 aliphatic carbocycles. The summed E-state index contributed by atoms with van der Waals surface area (Å²) in [6.45, 7) is 5.67. The van der Waals surface area contributed by atoms with Crippen molar-refractivity contribution in [1.82, 2.24) is 9.21 Å². The quantitative estimate of drug-likeness (QED) is 0.365. The smallest absolute Gasteiger partial charge is 0.410 e. The number of hydrogen-bond donors (Lipinski definition) is 2. The van der Waals surface area contributed by atoms with E-state index >= 15 is 4.39 Å². The molecule has 13 heteroatoms. The molecule has 2 amide bonds. The lowest BCUT2D eigenvalue weighted by Gasteiger charge is -2.44. The second kappa shape index (κ2) is 14.6. The highest BCUT2D eigenvalue weighted by atomic mass is 35.5. The van der Waals surface area contributed by atoms with E-state index in [2.05, 4.69) is 5.32 Å². The third-order valence-electron chi connectivity index (χ3n) is 10.1.